The number of nitrogens with one attached hydrogen (secondary N) is 1. The van der Waals surface area contributed by atoms with Crippen LogP contribution in [0.5, 0.6) is 0 Å². The molecule has 0 aliphatic rings. The van der Waals surface area contributed by atoms with E-state index in [1.165, 1.54) is 22.9 Å². The fourth-order valence-corrected chi connectivity index (χ4v) is 3.32. The molecule has 2 aromatic heterocycles. The largest absolute Gasteiger partial charge is 0.417 e. The third-order valence-electron chi connectivity index (χ3n) is 4.76. The van der Waals surface area contributed by atoms with E-state index < -0.39 is 17.6 Å². The molecule has 0 fully saturated rings. The number of amides is 1. The summed E-state index contributed by atoms with van der Waals surface area (Å²) in [6, 6.07) is 4.88. The molecule has 0 aliphatic carbocycles. The fourth-order valence-electron chi connectivity index (χ4n) is 3.32. The van der Waals surface area contributed by atoms with Crippen LogP contribution in [-0.4, -0.2) is 55.4 Å². The summed E-state index contributed by atoms with van der Waals surface area (Å²) in [6.07, 6.45) is -1.89. The average Bonchev–Trinajstić information content (AvgIpc) is 3.39. The second kappa shape index (κ2) is 10.9. The zero-order chi connectivity index (χ0) is 24.7. The van der Waals surface area contributed by atoms with E-state index in [2.05, 4.69) is 40.7 Å². The Morgan fingerprint density at radius 2 is 1.94 bits per heavy atom. The Kier molecular flexibility index (Phi) is 7.94. The van der Waals surface area contributed by atoms with Gasteiger partial charge in [-0.15, -0.1) is 5.10 Å². The van der Waals surface area contributed by atoms with Crippen LogP contribution < -0.4 is 11.2 Å². The van der Waals surface area contributed by atoms with Gasteiger partial charge in [0.05, 0.1) is 17.5 Å². The monoisotopic (exact) mass is 479 g/mol. The Hall–Kier alpha value is -3.81. The van der Waals surface area contributed by atoms with Gasteiger partial charge in [0, 0.05) is 12.1 Å². The average molecular weight is 479 g/mol. The van der Waals surface area contributed by atoms with Crippen molar-refractivity contribution < 1.29 is 22.6 Å². The summed E-state index contributed by atoms with van der Waals surface area (Å²) in [4.78, 5) is 14.9. The van der Waals surface area contributed by atoms with Crippen LogP contribution in [0.4, 0.5) is 19.0 Å². The third kappa shape index (κ3) is 5.75. The highest BCUT2D eigenvalue weighted by Gasteiger charge is 2.32. The minimum Gasteiger partial charge on any atom is -0.378 e. The summed E-state index contributed by atoms with van der Waals surface area (Å²) >= 11 is 0. The number of nitrogens with zero attached hydrogens (tertiary/aromatic N) is 7. The van der Waals surface area contributed by atoms with E-state index in [1.807, 2.05) is 13.8 Å². The van der Waals surface area contributed by atoms with Gasteiger partial charge in [0.15, 0.2) is 5.69 Å². The molecule has 14 heteroatoms. The van der Waals surface area contributed by atoms with Crippen LogP contribution in [0.2, 0.25) is 0 Å². The molecular weight excluding hydrogens is 455 g/mol. The van der Waals surface area contributed by atoms with Crippen LogP contribution in [0.3, 0.4) is 0 Å². The van der Waals surface area contributed by atoms with Crippen molar-refractivity contribution in [2.24, 2.45) is 5.10 Å². The van der Waals surface area contributed by atoms with Crippen molar-refractivity contribution in [1.82, 2.24) is 35.6 Å². The van der Waals surface area contributed by atoms with E-state index in [9.17, 15) is 18.0 Å². The number of nitrogens with two attached hydrogens (primary N) is 1. The number of hydrogen-bond donors (Lipinski definition) is 2. The van der Waals surface area contributed by atoms with Crippen molar-refractivity contribution >= 4 is 17.9 Å². The smallest absolute Gasteiger partial charge is 0.378 e. The molecule has 2 heterocycles. The maximum absolute atomic E-state index is 13.2. The quantitative estimate of drug-likeness (QED) is 0.334. The van der Waals surface area contributed by atoms with E-state index in [4.69, 9.17) is 5.73 Å². The lowest BCUT2D eigenvalue weighted by Gasteiger charge is -2.21. The predicted molar refractivity (Wildman–Crippen MR) is 116 cm³/mol. The SMILES string of the molecule is CCCN(CCC)Cc1c(C(=O)N/N=C/c2ccccc2C(F)(F)F)nnn1-c1nonc1N. The van der Waals surface area contributed by atoms with Gasteiger partial charge >= 0.3 is 6.18 Å². The Labute approximate surface area is 192 Å². The number of nitrogen functional groups attached to an aromatic ring is 1. The first-order valence-corrected chi connectivity index (χ1v) is 10.5. The molecule has 0 radical (unpaired) electrons. The molecular formula is C20H24F3N9O2. The molecule has 0 spiro atoms. The predicted octanol–water partition coefficient (Wildman–Crippen LogP) is 2.64. The van der Waals surface area contributed by atoms with E-state index in [-0.39, 0.29) is 29.4 Å². The second-order valence-corrected chi connectivity index (χ2v) is 7.33. The van der Waals surface area contributed by atoms with Crippen molar-refractivity contribution in [3.63, 3.8) is 0 Å². The number of benzene rings is 1. The lowest BCUT2D eigenvalue weighted by atomic mass is 10.1. The number of hydrazone groups is 1. The molecule has 0 saturated carbocycles. The highest BCUT2D eigenvalue weighted by Crippen LogP contribution is 2.31. The van der Waals surface area contributed by atoms with Gasteiger partial charge in [-0.05, 0) is 42.3 Å². The molecule has 0 unspecified atom stereocenters. The standard InChI is InChI=1S/C20H24F3N9O2/c1-3-9-31(10-4-2)12-15-16(26-30-32(15)18-17(24)28-34-29-18)19(33)27-25-11-13-7-5-6-8-14(13)20(21,22)23/h5-8,11H,3-4,9-10,12H2,1-2H3,(H2,24,28)(H,27,33)/b25-11+. The van der Waals surface area contributed by atoms with E-state index in [0.717, 1.165) is 38.2 Å². The third-order valence-corrected chi connectivity index (χ3v) is 4.76. The van der Waals surface area contributed by atoms with E-state index in [1.54, 1.807) is 0 Å². The van der Waals surface area contributed by atoms with Gasteiger partial charge in [0.1, 0.15) is 0 Å². The molecule has 3 rings (SSSR count). The van der Waals surface area contributed by atoms with Crippen LogP contribution in [0.15, 0.2) is 34.0 Å². The lowest BCUT2D eigenvalue weighted by molar-refractivity contribution is -0.137. The van der Waals surface area contributed by atoms with Crippen LogP contribution in [-0.2, 0) is 12.7 Å². The summed E-state index contributed by atoms with van der Waals surface area (Å²) in [6.45, 7) is 5.83. The maximum atomic E-state index is 13.2. The van der Waals surface area contributed by atoms with Crippen molar-refractivity contribution in [2.45, 2.75) is 39.4 Å². The van der Waals surface area contributed by atoms with Crippen LogP contribution in [0.25, 0.3) is 5.82 Å². The van der Waals surface area contributed by atoms with E-state index in [0.29, 0.717) is 5.69 Å². The van der Waals surface area contributed by atoms with Gasteiger partial charge in [-0.3, -0.25) is 9.69 Å². The molecule has 1 aromatic carbocycles. The molecule has 0 saturated heterocycles. The summed E-state index contributed by atoms with van der Waals surface area (Å²) in [5, 5.41) is 18.8. The summed E-state index contributed by atoms with van der Waals surface area (Å²) < 4.78 is 45.4. The molecule has 182 valence electrons. The number of halogens is 3. The van der Waals surface area contributed by atoms with Crippen molar-refractivity contribution in [1.29, 1.82) is 0 Å². The van der Waals surface area contributed by atoms with Crippen molar-refractivity contribution in [2.75, 3.05) is 18.8 Å². The van der Waals surface area contributed by atoms with Crippen LogP contribution in [0.1, 0.15) is 54.0 Å². The first-order valence-electron chi connectivity index (χ1n) is 10.5. The van der Waals surface area contributed by atoms with Gasteiger partial charge in [-0.1, -0.05) is 37.3 Å². The first kappa shape index (κ1) is 24.8. The molecule has 34 heavy (non-hydrogen) atoms. The molecule has 0 bridgehead atoms. The molecule has 0 aliphatic heterocycles. The van der Waals surface area contributed by atoms with Gasteiger partial charge < -0.3 is 5.73 Å². The lowest BCUT2D eigenvalue weighted by Crippen LogP contribution is -2.28. The topological polar surface area (TPSA) is 140 Å². The minimum absolute atomic E-state index is 0.0441. The summed E-state index contributed by atoms with van der Waals surface area (Å²) in [5.41, 5.74) is 7.20. The van der Waals surface area contributed by atoms with Crippen LogP contribution >= 0.6 is 0 Å². The Morgan fingerprint density at radius 3 is 2.56 bits per heavy atom. The Bertz CT molecular complexity index is 1130. The second-order valence-electron chi connectivity index (χ2n) is 7.33. The minimum atomic E-state index is -4.56. The number of carbonyl (C=O) groups excluding carboxylic acids is 1. The number of carbonyl (C=O) groups is 1. The summed E-state index contributed by atoms with van der Waals surface area (Å²) in [7, 11) is 0. The number of hydrogen-bond acceptors (Lipinski definition) is 9. The normalized spacial score (nSPS) is 12.1. The Morgan fingerprint density at radius 1 is 1.24 bits per heavy atom. The van der Waals surface area contributed by atoms with Crippen LogP contribution in [0, 0.1) is 0 Å². The van der Waals surface area contributed by atoms with Crippen molar-refractivity contribution in [3.8, 4) is 5.82 Å². The van der Waals surface area contributed by atoms with Crippen molar-refractivity contribution in [3.05, 3.63) is 46.8 Å². The molecule has 0 atom stereocenters. The molecule has 11 nitrogen and oxygen atoms in total. The molecule has 3 N–H and O–H groups in total. The maximum Gasteiger partial charge on any atom is 0.417 e. The summed E-state index contributed by atoms with van der Waals surface area (Å²) in [5.74, 6) is -0.737. The van der Waals surface area contributed by atoms with Gasteiger partial charge in [-0.2, -0.15) is 23.0 Å². The zero-order valence-corrected chi connectivity index (χ0v) is 18.6. The first-order chi connectivity index (χ1) is 16.3. The highest BCUT2D eigenvalue weighted by molar-refractivity contribution is 5.94. The van der Waals surface area contributed by atoms with Gasteiger partial charge in [0.25, 0.3) is 5.91 Å². The molecule has 1 amide bonds. The fraction of sp³-hybridized carbons (Fsp3) is 0.400. The number of aromatic nitrogens is 5. The number of anilines is 1. The number of rotatable bonds is 10. The van der Waals surface area contributed by atoms with Gasteiger partial charge in [0.2, 0.25) is 11.6 Å². The van der Waals surface area contributed by atoms with E-state index >= 15 is 0 Å². The van der Waals surface area contributed by atoms with Gasteiger partial charge in [-0.25, -0.2) is 10.1 Å². The highest BCUT2D eigenvalue weighted by atomic mass is 19.4. The Balaban J connectivity index is 1.89. The zero-order valence-electron chi connectivity index (χ0n) is 18.6. The number of alkyl halides is 3. The molecule has 3 aromatic rings.